The molecular weight excluding hydrogens is 290 g/mol. The summed E-state index contributed by atoms with van der Waals surface area (Å²) in [4.78, 5) is 2.15. The molecule has 0 aliphatic carbocycles. The van der Waals surface area contributed by atoms with Gasteiger partial charge in [-0.3, -0.25) is 4.90 Å². The summed E-state index contributed by atoms with van der Waals surface area (Å²) in [5.74, 6) is 0.784. The number of aliphatic hydroxyl groups is 2. The van der Waals surface area contributed by atoms with E-state index in [2.05, 4.69) is 17.0 Å². The Morgan fingerprint density at radius 2 is 1.70 bits per heavy atom. The number of aliphatic hydroxyl groups excluding tert-OH is 2. The Morgan fingerprint density at radius 1 is 1.00 bits per heavy atom. The van der Waals surface area contributed by atoms with Gasteiger partial charge in [0.1, 0.15) is 5.75 Å². The molecule has 2 N–H and O–H groups in total. The Labute approximate surface area is 138 Å². The van der Waals surface area contributed by atoms with Crippen molar-refractivity contribution in [3.8, 4) is 5.75 Å². The molecule has 2 aromatic carbocycles. The van der Waals surface area contributed by atoms with Crippen LogP contribution in [0, 0.1) is 0 Å². The molecule has 4 nitrogen and oxygen atoms in total. The average Bonchev–Trinajstić information content (AvgIpc) is 2.60. The van der Waals surface area contributed by atoms with E-state index in [1.54, 1.807) is 7.11 Å². The van der Waals surface area contributed by atoms with Crippen molar-refractivity contribution in [2.75, 3.05) is 26.8 Å². The van der Waals surface area contributed by atoms with Crippen LogP contribution in [-0.4, -0.2) is 41.9 Å². The van der Waals surface area contributed by atoms with E-state index in [-0.39, 0.29) is 6.61 Å². The highest BCUT2D eigenvalue weighted by molar-refractivity contribution is 5.28. The Kier molecular flexibility index (Phi) is 7.07. The summed E-state index contributed by atoms with van der Waals surface area (Å²) in [6, 6.07) is 17.6. The van der Waals surface area contributed by atoms with Gasteiger partial charge < -0.3 is 14.9 Å². The second-order valence-corrected chi connectivity index (χ2v) is 5.56. The largest absolute Gasteiger partial charge is 0.497 e. The predicted octanol–water partition coefficient (Wildman–Crippen LogP) is 2.61. The molecule has 0 heterocycles. The maximum Gasteiger partial charge on any atom is 0.118 e. The molecule has 0 saturated carbocycles. The highest BCUT2D eigenvalue weighted by Crippen LogP contribution is 2.20. The minimum Gasteiger partial charge on any atom is -0.497 e. The maximum absolute atomic E-state index is 10.3. The van der Waals surface area contributed by atoms with Crippen molar-refractivity contribution >= 4 is 0 Å². The molecular formula is C19H25NO3. The summed E-state index contributed by atoms with van der Waals surface area (Å²) in [7, 11) is 1.63. The van der Waals surface area contributed by atoms with Crippen molar-refractivity contribution < 1.29 is 14.9 Å². The lowest BCUT2D eigenvalue weighted by molar-refractivity contribution is 0.128. The van der Waals surface area contributed by atoms with Crippen LogP contribution in [0.5, 0.6) is 5.75 Å². The van der Waals surface area contributed by atoms with Crippen molar-refractivity contribution in [1.29, 1.82) is 0 Å². The first-order valence-corrected chi connectivity index (χ1v) is 7.92. The first kappa shape index (κ1) is 17.5. The van der Waals surface area contributed by atoms with E-state index in [1.165, 1.54) is 5.56 Å². The normalized spacial score (nSPS) is 12.3. The van der Waals surface area contributed by atoms with Gasteiger partial charge in [-0.2, -0.15) is 0 Å². The fourth-order valence-corrected chi connectivity index (χ4v) is 2.55. The monoisotopic (exact) mass is 315 g/mol. The predicted molar refractivity (Wildman–Crippen MR) is 91.4 cm³/mol. The number of hydrogen-bond acceptors (Lipinski definition) is 4. The van der Waals surface area contributed by atoms with Gasteiger partial charge in [0, 0.05) is 19.6 Å². The Hall–Kier alpha value is -1.88. The maximum atomic E-state index is 10.3. The molecule has 1 atom stereocenters. The highest BCUT2D eigenvalue weighted by Gasteiger charge is 2.11. The number of benzene rings is 2. The molecule has 0 spiro atoms. The highest BCUT2D eigenvalue weighted by atomic mass is 16.5. The second kappa shape index (κ2) is 9.30. The molecule has 23 heavy (non-hydrogen) atoms. The summed E-state index contributed by atoms with van der Waals surface area (Å²) in [6.45, 7) is 2.22. The van der Waals surface area contributed by atoms with Crippen molar-refractivity contribution in [3.63, 3.8) is 0 Å². The molecule has 0 bridgehead atoms. The summed E-state index contributed by atoms with van der Waals surface area (Å²) >= 11 is 0. The third-order valence-corrected chi connectivity index (χ3v) is 3.88. The molecule has 0 fully saturated rings. The minimum atomic E-state index is -0.516. The number of nitrogens with zero attached hydrogens (tertiary/aromatic N) is 1. The fourth-order valence-electron chi connectivity index (χ4n) is 2.55. The number of methoxy groups -OCH3 is 1. The van der Waals surface area contributed by atoms with Crippen molar-refractivity contribution in [1.82, 2.24) is 4.90 Å². The first-order chi connectivity index (χ1) is 11.2. The molecule has 2 rings (SSSR count). The van der Waals surface area contributed by atoms with Crippen LogP contribution in [0.2, 0.25) is 0 Å². The summed E-state index contributed by atoms with van der Waals surface area (Å²) in [5.41, 5.74) is 2.09. The average molecular weight is 315 g/mol. The van der Waals surface area contributed by atoms with Gasteiger partial charge in [-0.25, -0.2) is 0 Å². The zero-order valence-electron chi connectivity index (χ0n) is 13.6. The molecule has 0 saturated heterocycles. The lowest BCUT2D eigenvalue weighted by Crippen LogP contribution is -2.28. The van der Waals surface area contributed by atoms with Crippen LogP contribution in [0.25, 0.3) is 0 Å². The van der Waals surface area contributed by atoms with Crippen LogP contribution in [-0.2, 0) is 6.54 Å². The van der Waals surface area contributed by atoms with Crippen LogP contribution in [0.1, 0.15) is 23.7 Å². The fraction of sp³-hybridized carbons (Fsp3) is 0.368. The van der Waals surface area contributed by atoms with Crippen molar-refractivity contribution in [2.45, 2.75) is 19.1 Å². The molecule has 0 aliphatic heterocycles. The summed E-state index contributed by atoms with van der Waals surface area (Å²) in [5, 5.41) is 19.6. The zero-order chi connectivity index (χ0) is 16.5. The van der Waals surface area contributed by atoms with Gasteiger partial charge in [-0.15, -0.1) is 0 Å². The quantitative estimate of drug-likeness (QED) is 0.747. The van der Waals surface area contributed by atoms with Crippen molar-refractivity contribution in [2.24, 2.45) is 0 Å². The van der Waals surface area contributed by atoms with E-state index in [0.29, 0.717) is 13.0 Å². The molecule has 124 valence electrons. The van der Waals surface area contributed by atoms with Gasteiger partial charge in [0.15, 0.2) is 0 Å². The van der Waals surface area contributed by atoms with Gasteiger partial charge in [0.25, 0.3) is 0 Å². The van der Waals surface area contributed by atoms with E-state index in [1.807, 2.05) is 42.5 Å². The SMILES string of the molecule is COc1ccc(C(O)CCN(CCO)Cc2ccccc2)cc1. The lowest BCUT2D eigenvalue weighted by atomic mass is 10.1. The van der Waals surface area contributed by atoms with Crippen LogP contribution in [0.15, 0.2) is 54.6 Å². The molecule has 0 radical (unpaired) electrons. The Balaban J connectivity index is 1.89. The second-order valence-electron chi connectivity index (χ2n) is 5.56. The molecule has 0 aliphatic rings. The number of ether oxygens (including phenoxy) is 1. The molecule has 0 amide bonds. The smallest absolute Gasteiger partial charge is 0.118 e. The van der Waals surface area contributed by atoms with Crippen LogP contribution < -0.4 is 4.74 Å². The van der Waals surface area contributed by atoms with Crippen LogP contribution in [0.4, 0.5) is 0 Å². The van der Waals surface area contributed by atoms with Gasteiger partial charge in [-0.1, -0.05) is 42.5 Å². The van der Waals surface area contributed by atoms with Gasteiger partial charge in [0.2, 0.25) is 0 Å². The third kappa shape index (κ3) is 5.67. The Morgan fingerprint density at radius 3 is 2.30 bits per heavy atom. The van der Waals surface area contributed by atoms with E-state index < -0.39 is 6.10 Å². The number of rotatable bonds is 9. The van der Waals surface area contributed by atoms with E-state index in [4.69, 9.17) is 4.74 Å². The van der Waals surface area contributed by atoms with Crippen LogP contribution in [0.3, 0.4) is 0 Å². The Bertz CT molecular complexity index is 557. The zero-order valence-corrected chi connectivity index (χ0v) is 13.6. The van der Waals surface area contributed by atoms with Crippen LogP contribution >= 0.6 is 0 Å². The van der Waals surface area contributed by atoms with Gasteiger partial charge in [0.05, 0.1) is 19.8 Å². The summed E-state index contributed by atoms with van der Waals surface area (Å²) < 4.78 is 5.13. The summed E-state index contributed by atoms with van der Waals surface area (Å²) in [6.07, 6.45) is 0.108. The van der Waals surface area contributed by atoms with Gasteiger partial charge >= 0.3 is 0 Å². The van der Waals surface area contributed by atoms with Gasteiger partial charge in [-0.05, 0) is 29.7 Å². The van der Waals surface area contributed by atoms with Crippen molar-refractivity contribution in [3.05, 3.63) is 65.7 Å². The van der Waals surface area contributed by atoms with E-state index in [0.717, 1.165) is 24.4 Å². The standard InChI is InChI=1S/C19H25NO3/c1-23-18-9-7-17(8-10-18)19(22)11-12-20(13-14-21)15-16-5-3-2-4-6-16/h2-10,19,21-22H,11-15H2,1H3. The topological polar surface area (TPSA) is 52.9 Å². The first-order valence-electron chi connectivity index (χ1n) is 7.92. The van der Waals surface area contributed by atoms with E-state index >= 15 is 0 Å². The molecule has 0 aromatic heterocycles. The molecule has 4 heteroatoms. The molecule has 2 aromatic rings. The van der Waals surface area contributed by atoms with E-state index in [9.17, 15) is 10.2 Å². The molecule has 1 unspecified atom stereocenters. The minimum absolute atomic E-state index is 0.117. The third-order valence-electron chi connectivity index (χ3n) is 3.88. The lowest BCUT2D eigenvalue weighted by Gasteiger charge is -2.23. The number of hydrogen-bond donors (Lipinski definition) is 2.